The highest BCUT2D eigenvalue weighted by Gasteiger charge is 2.44. The van der Waals surface area contributed by atoms with Gasteiger partial charge in [-0.2, -0.15) is 0 Å². The van der Waals surface area contributed by atoms with Gasteiger partial charge in [0, 0.05) is 45.9 Å². The summed E-state index contributed by atoms with van der Waals surface area (Å²) in [6.45, 7) is 10.0. The fraction of sp³-hybridized carbons (Fsp3) is 0.480. The third kappa shape index (κ3) is 4.24. The topological polar surface area (TPSA) is 32.8 Å². The predicted molar refractivity (Wildman–Crippen MR) is 116 cm³/mol. The number of carbonyl (C=O) groups is 1. The van der Waals surface area contributed by atoms with E-state index < -0.39 is 5.41 Å². The molecule has 2 fully saturated rings. The summed E-state index contributed by atoms with van der Waals surface area (Å²) < 4.78 is 5.62. The molecule has 4 heteroatoms. The maximum absolute atomic E-state index is 13.7. The number of aryl methyl sites for hydroxylation is 2. The lowest BCUT2D eigenvalue weighted by molar-refractivity contribution is -0.143. The Labute approximate surface area is 174 Å². The number of nitrogens with zero attached hydrogens (tertiary/aromatic N) is 2. The van der Waals surface area contributed by atoms with E-state index in [1.807, 2.05) is 0 Å². The molecule has 0 aromatic heterocycles. The highest BCUT2D eigenvalue weighted by Crippen LogP contribution is 2.37. The second-order valence-corrected chi connectivity index (χ2v) is 8.56. The van der Waals surface area contributed by atoms with Gasteiger partial charge in [-0.1, -0.05) is 54.1 Å². The van der Waals surface area contributed by atoms with Gasteiger partial charge in [0.25, 0.3) is 0 Å². The van der Waals surface area contributed by atoms with Crippen molar-refractivity contribution in [1.29, 1.82) is 0 Å². The molecule has 0 spiro atoms. The lowest BCUT2D eigenvalue weighted by atomic mass is 9.72. The molecule has 2 aliphatic heterocycles. The van der Waals surface area contributed by atoms with Crippen molar-refractivity contribution in [1.82, 2.24) is 9.80 Å². The molecule has 2 aromatic rings. The van der Waals surface area contributed by atoms with E-state index >= 15 is 0 Å². The molecule has 0 N–H and O–H groups in total. The van der Waals surface area contributed by atoms with Crippen LogP contribution in [0.3, 0.4) is 0 Å². The third-order valence-corrected chi connectivity index (χ3v) is 6.67. The molecule has 0 saturated carbocycles. The van der Waals surface area contributed by atoms with Crippen LogP contribution in [0.15, 0.2) is 48.5 Å². The molecule has 0 aliphatic carbocycles. The summed E-state index contributed by atoms with van der Waals surface area (Å²) in [5.74, 6) is 0.292. The summed E-state index contributed by atoms with van der Waals surface area (Å²) in [5.41, 5.74) is 4.68. The van der Waals surface area contributed by atoms with E-state index in [1.54, 1.807) is 0 Å². The normalized spacial score (nSPS) is 19.9. The minimum Gasteiger partial charge on any atom is -0.381 e. The Morgan fingerprint density at radius 2 is 1.59 bits per heavy atom. The summed E-state index contributed by atoms with van der Waals surface area (Å²) in [6.07, 6.45) is 1.55. The molecule has 2 aromatic carbocycles. The van der Waals surface area contributed by atoms with Crippen LogP contribution in [0, 0.1) is 13.8 Å². The highest BCUT2D eigenvalue weighted by atomic mass is 16.5. The van der Waals surface area contributed by atoms with Crippen molar-refractivity contribution in [3.63, 3.8) is 0 Å². The van der Waals surface area contributed by atoms with E-state index in [0.717, 1.165) is 51.1 Å². The number of hydrogen-bond donors (Lipinski definition) is 0. The molecule has 4 nitrogen and oxygen atoms in total. The van der Waals surface area contributed by atoms with Gasteiger partial charge in [-0.3, -0.25) is 9.69 Å². The fourth-order valence-electron chi connectivity index (χ4n) is 4.66. The van der Waals surface area contributed by atoms with Gasteiger partial charge in [-0.05, 0) is 43.4 Å². The molecule has 0 unspecified atom stereocenters. The Morgan fingerprint density at radius 3 is 2.24 bits per heavy atom. The molecule has 1 amide bonds. The largest absolute Gasteiger partial charge is 0.381 e. The lowest BCUT2D eigenvalue weighted by Crippen LogP contribution is -2.55. The number of amides is 1. The third-order valence-electron chi connectivity index (χ3n) is 6.67. The average Bonchev–Trinajstić information content (AvgIpc) is 2.76. The van der Waals surface area contributed by atoms with Crippen LogP contribution in [0.5, 0.6) is 0 Å². The number of ether oxygens (including phenoxy) is 1. The minimum atomic E-state index is -0.426. The van der Waals surface area contributed by atoms with Gasteiger partial charge in [0.05, 0.1) is 5.41 Å². The van der Waals surface area contributed by atoms with E-state index in [9.17, 15) is 4.79 Å². The van der Waals surface area contributed by atoms with Crippen LogP contribution >= 0.6 is 0 Å². The van der Waals surface area contributed by atoms with E-state index in [0.29, 0.717) is 19.1 Å². The first-order chi connectivity index (χ1) is 14.1. The summed E-state index contributed by atoms with van der Waals surface area (Å²) in [7, 11) is 0. The van der Waals surface area contributed by atoms with Crippen molar-refractivity contribution in [2.75, 3.05) is 39.4 Å². The minimum absolute atomic E-state index is 0.292. The molecular formula is C25H32N2O2. The first-order valence-electron chi connectivity index (χ1n) is 10.8. The fourth-order valence-corrected chi connectivity index (χ4v) is 4.66. The van der Waals surface area contributed by atoms with Gasteiger partial charge in [0.2, 0.25) is 5.91 Å². The van der Waals surface area contributed by atoms with Crippen molar-refractivity contribution in [3.05, 3.63) is 70.8 Å². The Hall–Kier alpha value is -2.17. The Kier molecular flexibility index (Phi) is 6.02. The zero-order valence-electron chi connectivity index (χ0n) is 17.7. The first kappa shape index (κ1) is 20.1. The van der Waals surface area contributed by atoms with E-state index in [2.05, 4.69) is 72.2 Å². The average molecular weight is 393 g/mol. The molecule has 29 heavy (non-hydrogen) atoms. The van der Waals surface area contributed by atoms with Gasteiger partial charge < -0.3 is 9.64 Å². The van der Waals surface area contributed by atoms with Crippen LogP contribution in [0.1, 0.15) is 35.1 Å². The maximum Gasteiger partial charge on any atom is 0.233 e. The van der Waals surface area contributed by atoms with Crippen LogP contribution in [-0.2, 0) is 21.5 Å². The number of benzene rings is 2. The van der Waals surface area contributed by atoms with Crippen molar-refractivity contribution >= 4 is 5.91 Å². The molecule has 0 bridgehead atoms. The second-order valence-electron chi connectivity index (χ2n) is 8.56. The lowest BCUT2D eigenvalue weighted by Gasteiger charge is -2.43. The monoisotopic (exact) mass is 392 g/mol. The molecule has 0 atom stereocenters. The highest BCUT2D eigenvalue weighted by molar-refractivity contribution is 5.88. The standard InChI is InChI=1S/C25H32N2O2/c1-20-7-9-23(10-8-20)25(11-17-29-18-12-25)24(28)27-15-13-26(14-16-27)19-22-6-4-3-5-21(22)2/h3-10H,11-19H2,1-2H3. The number of piperazine rings is 1. The summed E-state index contributed by atoms with van der Waals surface area (Å²) in [5, 5.41) is 0. The van der Waals surface area contributed by atoms with E-state index in [-0.39, 0.29) is 0 Å². The molecule has 154 valence electrons. The molecular weight excluding hydrogens is 360 g/mol. The van der Waals surface area contributed by atoms with Gasteiger partial charge in [-0.25, -0.2) is 0 Å². The van der Waals surface area contributed by atoms with Gasteiger partial charge >= 0.3 is 0 Å². The van der Waals surface area contributed by atoms with E-state index in [4.69, 9.17) is 4.74 Å². The molecule has 4 rings (SSSR count). The van der Waals surface area contributed by atoms with Crippen molar-refractivity contribution < 1.29 is 9.53 Å². The van der Waals surface area contributed by atoms with Gasteiger partial charge in [-0.15, -0.1) is 0 Å². The maximum atomic E-state index is 13.7. The summed E-state index contributed by atoms with van der Waals surface area (Å²) >= 11 is 0. The van der Waals surface area contributed by atoms with Crippen molar-refractivity contribution in [2.24, 2.45) is 0 Å². The summed E-state index contributed by atoms with van der Waals surface area (Å²) in [4.78, 5) is 18.3. The van der Waals surface area contributed by atoms with Crippen molar-refractivity contribution in [3.8, 4) is 0 Å². The number of rotatable bonds is 4. The second kappa shape index (κ2) is 8.68. The SMILES string of the molecule is Cc1ccc(C2(C(=O)N3CCN(Cc4ccccc4C)CC3)CCOCC2)cc1. The first-order valence-corrected chi connectivity index (χ1v) is 10.8. The van der Waals surface area contributed by atoms with Gasteiger partial charge in [0.15, 0.2) is 0 Å². The van der Waals surface area contributed by atoms with Crippen LogP contribution < -0.4 is 0 Å². The van der Waals surface area contributed by atoms with Gasteiger partial charge in [0.1, 0.15) is 0 Å². The predicted octanol–water partition coefficient (Wildman–Crippen LogP) is 3.70. The number of hydrogen-bond acceptors (Lipinski definition) is 3. The molecule has 2 aliphatic rings. The van der Waals surface area contributed by atoms with Crippen LogP contribution in [-0.4, -0.2) is 55.1 Å². The van der Waals surface area contributed by atoms with Crippen molar-refractivity contribution in [2.45, 2.75) is 38.6 Å². The van der Waals surface area contributed by atoms with Crippen LogP contribution in [0.2, 0.25) is 0 Å². The van der Waals surface area contributed by atoms with Crippen LogP contribution in [0.4, 0.5) is 0 Å². The quantitative estimate of drug-likeness (QED) is 0.795. The summed E-state index contributed by atoms with van der Waals surface area (Å²) in [6, 6.07) is 17.1. The zero-order valence-corrected chi connectivity index (χ0v) is 17.7. The zero-order chi connectivity index (χ0) is 20.3. The molecule has 0 radical (unpaired) electrons. The smallest absolute Gasteiger partial charge is 0.233 e. The van der Waals surface area contributed by atoms with Crippen LogP contribution in [0.25, 0.3) is 0 Å². The Bertz CT molecular complexity index is 832. The van der Waals surface area contributed by atoms with E-state index in [1.165, 1.54) is 16.7 Å². The molecule has 2 heterocycles. The Balaban J connectivity index is 1.45. The Morgan fingerprint density at radius 1 is 0.931 bits per heavy atom. The molecule has 2 saturated heterocycles. The number of carbonyl (C=O) groups excluding carboxylic acids is 1.